The van der Waals surface area contributed by atoms with Gasteiger partial charge in [0.2, 0.25) is 0 Å². The van der Waals surface area contributed by atoms with E-state index in [-0.39, 0.29) is 23.0 Å². The summed E-state index contributed by atoms with van der Waals surface area (Å²) in [4.78, 5) is 19.4. The zero-order valence-electron chi connectivity index (χ0n) is 24.5. The Kier molecular flexibility index (Phi) is 7.94. The van der Waals surface area contributed by atoms with Crippen LogP contribution in [0.15, 0.2) is 48.2 Å². The fourth-order valence-corrected chi connectivity index (χ4v) is 5.37. The number of nitrogens with zero attached hydrogens (tertiary/aromatic N) is 2. The number of hydrogen-bond donors (Lipinski definition) is 1. The van der Waals surface area contributed by atoms with E-state index in [9.17, 15) is 4.79 Å². The van der Waals surface area contributed by atoms with Crippen LogP contribution >= 0.6 is 0 Å². The molecule has 1 unspecified atom stereocenters. The van der Waals surface area contributed by atoms with Crippen molar-refractivity contribution in [2.24, 2.45) is 0 Å². The van der Waals surface area contributed by atoms with E-state index in [1.165, 1.54) is 24.0 Å². The van der Waals surface area contributed by atoms with Crippen LogP contribution in [-0.4, -0.2) is 47.4 Å². The van der Waals surface area contributed by atoms with E-state index in [1.54, 1.807) is 4.90 Å². The van der Waals surface area contributed by atoms with Crippen molar-refractivity contribution in [1.82, 2.24) is 9.88 Å². The second-order valence-electron chi connectivity index (χ2n) is 12.9. The lowest BCUT2D eigenvalue weighted by molar-refractivity contribution is -0.0294. The molecule has 6 heteroatoms. The number of fused-ring (bicyclic) bond motifs is 1. The highest BCUT2D eigenvalue weighted by molar-refractivity contribution is 5.68. The van der Waals surface area contributed by atoms with Gasteiger partial charge in [0.1, 0.15) is 17.5 Å². The summed E-state index contributed by atoms with van der Waals surface area (Å²) in [5, 5.41) is 3.51. The molecule has 1 fully saturated rings. The van der Waals surface area contributed by atoms with E-state index in [0.717, 1.165) is 29.2 Å². The molecule has 206 valence electrons. The smallest absolute Gasteiger partial charge is 0.410 e. The molecular formula is C32H45N3O3. The maximum absolute atomic E-state index is 12.7. The maximum atomic E-state index is 12.7. The molecule has 0 bridgehead atoms. The standard InChI is InChI=1S/C32H45N3O3/c1-9-11-26(27-21-35(18-19-37-27)29(36)38-30(2,3)4)34-28-13-10-12-25(33-28)22-14-15-23-24(20-22)32(7,8)17-16-31(23,5)6/h10-15,20,27H,9,16-19,21H2,1-8H3,(H,33,34). The summed E-state index contributed by atoms with van der Waals surface area (Å²) in [7, 11) is 0. The Labute approximate surface area is 228 Å². The quantitative estimate of drug-likeness (QED) is 0.445. The molecule has 2 heterocycles. The number of carbonyl (C=O) groups is 1. The normalized spacial score (nSPS) is 21.0. The summed E-state index contributed by atoms with van der Waals surface area (Å²) in [6.45, 7) is 18.6. The molecule has 1 atom stereocenters. The fraction of sp³-hybridized carbons (Fsp3) is 0.562. The minimum atomic E-state index is -0.531. The predicted octanol–water partition coefficient (Wildman–Crippen LogP) is 7.44. The molecule has 4 rings (SSSR count). The highest BCUT2D eigenvalue weighted by atomic mass is 16.6. The van der Waals surface area contributed by atoms with Crippen LogP contribution in [0.1, 0.15) is 85.8 Å². The number of amides is 1. The molecule has 0 spiro atoms. The van der Waals surface area contributed by atoms with Gasteiger partial charge in [-0.1, -0.05) is 58.9 Å². The Morgan fingerprint density at radius 2 is 1.84 bits per heavy atom. The number of morpholine rings is 1. The van der Waals surface area contributed by atoms with E-state index in [4.69, 9.17) is 14.5 Å². The van der Waals surface area contributed by atoms with E-state index < -0.39 is 5.60 Å². The first-order chi connectivity index (χ1) is 17.8. The fourth-order valence-electron chi connectivity index (χ4n) is 5.37. The average molecular weight is 520 g/mol. The molecule has 2 aromatic rings. The van der Waals surface area contributed by atoms with Gasteiger partial charge in [-0.2, -0.15) is 0 Å². The number of carbonyl (C=O) groups excluding carboxylic acids is 1. The van der Waals surface area contributed by atoms with Crippen molar-refractivity contribution in [2.45, 2.75) is 97.2 Å². The summed E-state index contributed by atoms with van der Waals surface area (Å²) in [5.41, 5.74) is 5.66. The van der Waals surface area contributed by atoms with Crippen LogP contribution < -0.4 is 5.32 Å². The molecule has 1 saturated heterocycles. The highest BCUT2D eigenvalue weighted by Gasteiger charge is 2.37. The second kappa shape index (κ2) is 10.7. The summed E-state index contributed by atoms with van der Waals surface area (Å²) in [6, 6.07) is 12.9. The minimum Gasteiger partial charge on any atom is -0.444 e. The SMILES string of the molecule is CCC=C(Nc1cccc(-c2ccc3c(c2)C(C)(C)CCC3(C)C)n1)C1CN(C(=O)OC(C)(C)C)CCO1. The number of rotatable bonds is 5. The number of pyridine rings is 1. The summed E-state index contributed by atoms with van der Waals surface area (Å²) in [6.07, 6.45) is 4.75. The Hall–Kier alpha value is -2.86. The summed E-state index contributed by atoms with van der Waals surface area (Å²) in [5.74, 6) is 0.762. The number of allylic oxidation sites excluding steroid dienone is 1. The number of ether oxygens (including phenoxy) is 2. The average Bonchev–Trinajstić information content (AvgIpc) is 2.86. The molecule has 38 heavy (non-hydrogen) atoms. The largest absolute Gasteiger partial charge is 0.444 e. The molecule has 1 aliphatic carbocycles. The first-order valence-electron chi connectivity index (χ1n) is 14.0. The Bertz CT molecular complexity index is 1190. The van der Waals surface area contributed by atoms with E-state index in [2.05, 4.69) is 70.3 Å². The van der Waals surface area contributed by atoms with Crippen LogP contribution in [0.25, 0.3) is 11.3 Å². The van der Waals surface area contributed by atoms with Gasteiger partial charge in [-0.15, -0.1) is 0 Å². The van der Waals surface area contributed by atoms with Gasteiger partial charge in [0.15, 0.2) is 0 Å². The van der Waals surface area contributed by atoms with Gasteiger partial charge >= 0.3 is 6.09 Å². The zero-order valence-corrected chi connectivity index (χ0v) is 24.5. The minimum absolute atomic E-state index is 0.145. The number of anilines is 1. The van der Waals surface area contributed by atoms with Crippen molar-refractivity contribution in [3.8, 4) is 11.3 Å². The molecule has 6 nitrogen and oxygen atoms in total. The molecule has 1 N–H and O–H groups in total. The van der Waals surface area contributed by atoms with E-state index >= 15 is 0 Å². The Morgan fingerprint density at radius 1 is 1.13 bits per heavy atom. The molecule has 1 amide bonds. The van der Waals surface area contributed by atoms with Gasteiger partial charge in [-0.25, -0.2) is 9.78 Å². The number of benzene rings is 1. The van der Waals surface area contributed by atoms with Gasteiger partial charge in [0.05, 0.1) is 18.8 Å². The molecule has 1 aliphatic heterocycles. The Balaban J connectivity index is 1.55. The van der Waals surface area contributed by atoms with Gasteiger partial charge in [0, 0.05) is 17.8 Å². The first-order valence-corrected chi connectivity index (χ1v) is 14.0. The predicted molar refractivity (Wildman–Crippen MR) is 155 cm³/mol. The second-order valence-corrected chi connectivity index (χ2v) is 12.9. The van der Waals surface area contributed by atoms with Crippen molar-refractivity contribution in [3.63, 3.8) is 0 Å². The van der Waals surface area contributed by atoms with Crippen LogP contribution in [0.4, 0.5) is 10.6 Å². The lowest BCUT2D eigenvalue weighted by Gasteiger charge is -2.42. The molecule has 2 aliphatic rings. The number of nitrogens with one attached hydrogen (secondary N) is 1. The van der Waals surface area contributed by atoms with Gasteiger partial charge in [-0.05, 0) is 80.2 Å². The van der Waals surface area contributed by atoms with Gasteiger partial charge < -0.3 is 19.7 Å². The number of aromatic nitrogens is 1. The third kappa shape index (κ3) is 6.40. The highest BCUT2D eigenvalue weighted by Crippen LogP contribution is 2.46. The Morgan fingerprint density at radius 3 is 2.53 bits per heavy atom. The van der Waals surface area contributed by atoms with Gasteiger partial charge in [-0.3, -0.25) is 0 Å². The molecule has 0 saturated carbocycles. The van der Waals surface area contributed by atoms with E-state index in [0.29, 0.717) is 19.7 Å². The summed E-state index contributed by atoms with van der Waals surface area (Å²) >= 11 is 0. The van der Waals surface area contributed by atoms with Crippen LogP contribution in [0.5, 0.6) is 0 Å². The lowest BCUT2D eigenvalue weighted by Crippen LogP contribution is -2.48. The molecule has 1 aromatic heterocycles. The van der Waals surface area contributed by atoms with Crippen LogP contribution in [0, 0.1) is 0 Å². The number of hydrogen-bond acceptors (Lipinski definition) is 5. The maximum Gasteiger partial charge on any atom is 0.410 e. The third-order valence-electron chi connectivity index (χ3n) is 7.66. The van der Waals surface area contributed by atoms with Crippen LogP contribution in [0.2, 0.25) is 0 Å². The van der Waals surface area contributed by atoms with Crippen LogP contribution in [-0.2, 0) is 20.3 Å². The van der Waals surface area contributed by atoms with Crippen molar-refractivity contribution < 1.29 is 14.3 Å². The topological polar surface area (TPSA) is 63.7 Å². The van der Waals surface area contributed by atoms with E-state index in [1.807, 2.05) is 32.9 Å². The van der Waals surface area contributed by atoms with Crippen molar-refractivity contribution >= 4 is 11.9 Å². The van der Waals surface area contributed by atoms with Gasteiger partial charge in [0.25, 0.3) is 0 Å². The van der Waals surface area contributed by atoms with Crippen molar-refractivity contribution in [2.75, 3.05) is 25.0 Å². The molecular weight excluding hydrogens is 474 g/mol. The zero-order chi connectivity index (χ0) is 27.7. The summed E-state index contributed by atoms with van der Waals surface area (Å²) < 4.78 is 11.7. The molecule has 0 radical (unpaired) electrons. The third-order valence-corrected chi connectivity index (χ3v) is 7.66. The monoisotopic (exact) mass is 519 g/mol. The lowest BCUT2D eigenvalue weighted by atomic mass is 9.63. The van der Waals surface area contributed by atoms with Crippen molar-refractivity contribution in [1.29, 1.82) is 0 Å². The molecule has 1 aromatic carbocycles. The first kappa shape index (κ1) is 28.2. The van der Waals surface area contributed by atoms with Crippen LogP contribution in [0.3, 0.4) is 0 Å². The van der Waals surface area contributed by atoms with Crippen molar-refractivity contribution in [3.05, 3.63) is 59.3 Å².